The zero-order chi connectivity index (χ0) is 29.8. The van der Waals surface area contributed by atoms with Gasteiger partial charge in [0.25, 0.3) is 0 Å². The number of carbonyl (C=O) groups is 6. The van der Waals surface area contributed by atoms with Gasteiger partial charge in [-0.05, 0) is 30.4 Å². The van der Waals surface area contributed by atoms with Gasteiger partial charge < -0.3 is 41.7 Å². The van der Waals surface area contributed by atoms with Gasteiger partial charge in [-0.3, -0.25) is 24.0 Å². The molecule has 0 spiro atoms. The predicted molar refractivity (Wildman–Crippen MR) is 145 cm³/mol. The number of carbonyl (C=O) groups excluding carboxylic acids is 4. The summed E-state index contributed by atoms with van der Waals surface area (Å²) in [7, 11) is 0. The van der Waals surface area contributed by atoms with Crippen LogP contribution in [0.3, 0.4) is 0 Å². The van der Waals surface area contributed by atoms with E-state index in [2.05, 4.69) is 20.9 Å². The molecule has 0 unspecified atom stereocenters. The summed E-state index contributed by atoms with van der Waals surface area (Å²) in [6.07, 6.45) is 1.65. The highest BCUT2D eigenvalue weighted by atomic mass is 16.4. The third-order valence-electron chi connectivity index (χ3n) is 6.73. The van der Waals surface area contributed by atoms with E-state index in [1.165, 1.54) is 0 Å². The quantitative estimate of drug-likeness (QED) is 0.134. The topological polar surface area (TPSA) is 221 Å². The maximum Gasteiger partial charge on any atom is 0.303 e. The van der Waals surface area contributed by atoms with Crippen molar-refractivity contribution in [3.05, 3.63) is 36.0 Å². The lowest BCUT2D eigenvalue weighted by molar-refractivity contribution is -0.139. The van der Waals surface area contributed by atoms with Crippen molar-refractivity contribution < 1.29 is 39.0 Å². The molecule has 5 atom stereocenters. The molecule has 3 amide bonds. The Labute approximate surface area is 231 Å². The van der Waals surface area contributed by atoms with Crippen molar-refractivity contribution in [3.63, 3.8) is 0 Å². The number of rotatable bonds is 17. The van der Waals surface area contributed by atoms with Gasteiger partial charge in [0, 0.05) is 36.4 Å². The Morgan fingerprint density at radius 2 is 1.52 bits per heavy atom. The van der Waals surface area contributed by atoms with E-state index in [4.69, 9.17) is 15.9 Å². The number of nitrogens with two attached hydrogens (primary N) is 1. The molecule has 1 aromatic carbocycles. The van der Waals surface area contributed by atoms with Gasteiger partial charge in [-0.1, -0.05) is 38.5 Å². The molecule has 0 saturated heterocycles. The van der Waals surface area contributed by atoms with Gasteiger partial charge in [0.05, 0.1) is 12.1 Å². The Morgan fingerprint density at radius 3 is 2.15 bits per heavy atom. The monoisotopic (exact) mass is 559 g/mol. The standard InChI is InChI=1S/C27H37N5O8/c1-3-15(2)22(14-33)32-27(40)21(12-16-13-29-19-7-5-4-6-17(16)19)31-26(39)20(9-11-24(36)37)30-25(38)18(28)8-10-23(34)35/h4-7,13-15,18,20-22,29H,3,8-12,28H2,1-2H3,(H,30,38)(H,31,39)(H,32,40)(H,34,35)(H,36,37)/t15-,18-,20-,21-,22+/m0/s1. The van der Waals surface area contributed by atoms with Gasteiger partial charge in [-0.15, -0.1) is 0 Å². The highest BCUT2D eigenvalue weighted by molar-refractivity contribution is 5.94. The number of nitrogens with one attached hydrogen (secondary N) is 4. The van der Waals surface area contributed by atoms with Crippen molar-refractivity contribution >= 4 is 46.8 Å². The number of hydrogen-bond acceptors (Lipinski definition) is 7. The predicted octanol–water partition coefficient (Wildman–Crippen LogP) is 0.467. The lowest BCUT2D eigenvalue weighted by atomic mass is 9.98. The first-order chi connectivity index (χ1) is 19.0. The van der Waals surface area contributed by atoms with Crippen LogP contribution in [-0.4, -0.2) is 75.3 Å². The average molecular weight is 560 g/mol. The second-order valence-electron chi connectivity index (χ2n) is 9.71. The molecule has 1 heterocycles. The maximum absolute atomic E-state index is 13.3. The van der Waals surface area contributed by atoms with Crippen LogP contribution in [0.4, 0.5) is 0 Å². The van der Waals surface area contributed by atoms with Crippen LogP contribution in [0.2, 0.25) is 0 Å². The largest absolute Gasteiger partial charge is 0.481 e. The number of amides is 3. The molecule has 0 bridgehead atoms. The van der Waals surface area contributed by atoms with E-state index in [0.717, 1.165) is 10.9 Å². The minimum Gasteiger partial charge on any atom is -0.481 e. The van der Waals surface area contributed by atoms with Crippen LogP contribution < -0.4 is 21.7 Å². The molecule has 0 radical (unpaired) electrons. The van der Waals surface area contributed by atoms with Gasteiger partial charge in [-0.25, -0.2) is 0 Å². The fourth-order valence-electron chi connectivity index (χ4n) is 4.06. The Hall–Kier alpha value is -4.26. The van der Waals surface area contributed by atoms with Crippen molar-refractivity contribution in [1.29, 1.82) is 0 Å². The summed E-state index contributed by atoms with van der Waals surface area (Å²) < 4.78 is 0. The summed E-state index contributed by atoms with van der Waals surface area (Å²) in [6.45, 7) is 3.67. The first-order valence-corrected chi connectivity index (χ1v) is 13.1. The SMILES string of the molecule is CC[C@H](C)[C@@H](C=O)NC(=O)[C@H](Cc1c[nH]c2ccccc12)NC(=O)[C@H](CCC(=O)O)NC(=O)[C@@H](N)CCC(=O)O. The molecule has 2 aromatic rings. The first kappa shape index (κ1) is 32.0. The fourth-order valence-corrected chi connectivity index (χ4v) is 4.06. The highest BCUT2D eigenvalue weighted by Gasteiger charge is 2.31. The van der Waals surface area contributed by atoms with Gasteiger partial charge in [-0.2, -0.15) is 0 Å². The third-order valence-corrected chi connectivity index (χ3v) is 6.73. The number of aromatic amines is 1. The molecule has 2 rings (SSSR count). The van der Waals surface area contributed by atoms with E-state index < -0.39 is 60.2 Å². The lowest BCUT2D eigenvalue weighted by Crippen LogP contribution is -2.57. The van der Waals surface area contributed by atoms with Crippen LogP contribution in [0, 0.1) is 5.92 Å². The number of aromatic nitrogens is 1. The number of para-hydroxylation sites is 1. The minimum atomic E-state index is -1.37. The smallest absolute Gasteiger partial charge is 0.303 e. The lowest BCUT2D eigenvalue weighted by Gasteiger charge is -2.26. The van der Waals surface area contributed by atoms with Crippen molar-refractivity contribution in [2.75, 3.05) is 0 Å². The molecule has 0 aliphatic carbocycles. The summed E-state index contributed by atoms with van der Waals surface area (Å²) in [5.74, 6) is -4.81. The average Bonchev–Trinajstić information content (AvgIpc) is 3.33. The normalized spacial score (nSPS) is 14.8. The summed E-state index contributed by atoms with van der Waals surface area (Å²) in [6, 6.07) is 2.77. The van der Waals surface area contributed by atoms with E-state index in [1.807, 2.05) is 31.2 Å². The van der Waals surface area contributed by atoms with Crippen LogP contribution in [0.1, 0.15) is 51.5 Å². The van der Waals surface area contributed by atoms with Crippen LogP contribution in [0.15, 0.2) is 30.5 Å². The minimum absolute atomic E-state index is 0.0331. The van der Waals surface area contributed by atoms with Gasteiger partial charge in [0.15, 0.2) is 0 Å². The number of H-pyrrole nitrogens is 1. The Morgan fingerprint density at radius 1 is 0.925 bits per heavy atom. The number of aldehydes is 1. The van der Waals surface area contributed by atoms with Crippen molar-refractivity contribution in [1.82, 2.24) is 20.9 Å². The maximum atomic E-state index is 13.3. The molecule has 0 fully saturated rings. The number of benzene rings is 1. The molecule has 40 heavy (non-hydrogen) atoms. The van der Waals surface area contributed by atoms with E-state index in [9.17, 15) is 28.8 Å². The zero-order valence-electron chi connectivity index (χ0n) is 22.5. The van der Waals surface area contributed by atoms with Crippen molar-refractivity contribution in [3.8, 4) is 0 Å². The van der Waals surface area contributed by atoms with E-state index in [0.29, 0.717) is 18.3 Å². The summed E-state index contributed by atoms with van der Waals surface area (Å²) in [5.41, 5.74) is 7.28. The molecule has 13 nitrogen and oxygen atoms in total. The number of carboxylic acid groups (broad SMARTS) is 2. The van der Waals surface area contributed by atoms with E-state index >= 15 is 0 Å². The molecular weight excluding hydrogens is 522 g/mol. The molecule has 0 saturated carbocycles. The summed E-state index contributed by atoms with van der Waals surface area (Å²) in [4.78, 5) is 76.0. The molecular formula is C27H37N5O8. The van der Waals surface area contributed by atoms with Crippen LogP contribution in [0.5, 0.6) is 0 Å². The third kappa shape index (κ3) is 9.49. The molecule has 0 aliphatic heterocycles. The Kier molecular flexibility index (Phi) is 12.3. The van der Waals surface area contributed by atoms with Gasteiger partial charge >= 0.3 is 11.9 Å². The second kappa shape index (κ2) is 15.4. The fraction of sp³-hybridized carbons (Fsp3) is 0.481. The Bertz CT molecular complexity index is 1210. The van der Waals surface area contributed by atoms with Crippen LogP contribution in [0.25, 0.3) is 10.9 Å². The van der Waals surface area contributed by atoms with Crippen LogP contribution in [-0.2, 0) is 35.2 Å². The number of carboxylic acids is 2. The van der Waals surface area contributed by atoms with E-state index in [1.54, 1.807) is 13.1 Å². The summed E-state index contributed by atoms with van der Waals surface area (Å²) in [5, 5.41) is 26.5. The van der Waals surface area contributed by atoms with E-state index in [-0.39, 0.29) is 31.6 Å². The molecule has 218 valence electrons. The van der Waals surface area contributed by atoms with Gasteiger partial charge in [0.2, 0.25) is 17.7 Å². The van der Waals surface area contributed by atoms with Crippen LogP contribution >= 0.6 is 0 Å². The molecule has 0 aliphatic rings. The number of aliphatic carboxylic acids is 2. The highest BCUT2D eigenvalue weighted by Crippen LogP contribution is 2.19. The molecule has 8 N–H and O–H groups in total. The number of hydrogen-bond donors (Lipinski definition) is 7. The Balaban J connectivity index is 2.30. The molecule has 13 heteroatoms. The molecule has 1 aromatic heterocycles. The number of fused-ring (bicyclic) bond motifs is 1. The van der Waals surface area contributed by atoms with Gasteiger partial charge in [0.1, 0.15) is 18.4 Å². The van der Waals surface area contributed by atoms with Crippen molar-refractivity contribution in [2.45, 2.75) is 76.5 Å². The zero-order valence-corrected chi connectivity index (χ0v) is 22.5. The second-order valence-corrected chi connectivity index (χ2v) is 9.71. The summed E-state index contributed by atoms with van der Waals surface area (Å²) >= 11 is 0. The van der Waals surface area contributed by atoms with Crippen molar-refractivity contribution in [2.24, 2.45) is 11.7 Å². The first-order valence-electron chi connectivity index (χ1n) is 13.1.